The summed E-state index contributed by atoms with van der Waals surface area (Å²) >= 11 is 6.07. The second kappa shape index (κ2) is 7.14. The van der Waals surface area contributed by atoms with Gasteiger partial charge in [0.1, 0.15) is 24.2 Å². The van der Waals surface area contributed by atoms with E-state index in [0.717, 1.165) is 25.9 Å². The van der Waals surface area contributed by atoms with Crippen molar-refractivity contribution in [3.05, 3.63) is 52.9 Å². The van der Waals surface area contributed by atoms with E-state index >= 15 is 0 Å². The number of hydrogen-bond donors (Lipinski definition) is 0. The smallest absolute Gasteiger partial charge is 0.266 e. The molecule has 1 fully saturated rings. The summed E-state index contributed by atoms with van der Waals surface area (Å²) < 4.78 is 17.2. The molecule has 4 rings (SSSR count). The van der Waals surface area contributed by atoms with E-state index in [1.54, 1.807) is 24.3 Å². The molecule has 0 bridgehead atoms. The quantitative estimate of drug-likeness (QED) is 0.652. The average molecular weight is 370 g/mol. The van der Waals surface area contributed by atoms with Crippen molar-refractivity contribution < 1.29 is 13.6 Å². The average Bonchev–Trinajstić information content (AvgIpc) is 3.39. The highest BCUT2D eigenvalue weighted by molar-refractivity contribution is 6.32. The van der Waals surface area contributed by atoms with E-state index in [-0.39, 0.29) is 12.3 Å². The van der Waals surface area contributed by atoms with E-state index < -0.39 is 0 Å². The zero-order valence-electron chi connectivity index (χ0n) is 13.9. The first-order valence-corrected chi connectivity index (χ1v) is 8.74. The van der Waals surface area contributed by atoms with Gasteiger partial charge in [0.25, 0.3) is 5.89 Å². The number of nitrogens with zero attached hydrogens (tertiary/aromatic N) is 3. The summed E-state index contributed by atoms with van der Waals surface area (Å²) in [6, 6.07) is 12.9. The number of rotatable bonds is 5. The van der Waals surface area contributed by atoms with Crippen LogP contribution < -0.4 is 9.64 Å². The Morgan fingerprint density at radius 2 is 1.96 bits per heavy atom. The van der Waals surface area contributed by atoms with Crippen LogP contribution in [0, 0.1) is 11.3 Å². The highest BCUT2D eigenvalue weighted by Crippen LogP contribution is 2.31. The van der Waals surface area contributed by atoms with Crippen LogP contribution in [0.15, 0.2) is 45.2 Å². The van der Waals surface area contributed by atoms with Gasteiger partial charge in [-0.25, -0.2) is 0 Å². The van der Waals surface area contributed by atoms with Gasteiger partial charge in [-0.15, -0.1) is 0 Å². The van der Waals surface area contributed by atoms with Gasteiger partial charge >= 0.3 is 0 Å². The Labute approximate surface area is 155 Å². The number of aromatic nitrogens is 1. The number of halogens is 1. The van der Waals surface area contributed by atoms with E-state index in [2.05, 4.69) is 11.1 Å². The van der Waals surface area contributed by atoms with Crippen LogP contribution in [0.3, 0.4) is 0 Å². The minimum atomic E-state index is 0.231. The summed E-state index contributed by atoms with van der Waals surface area (Å²) in [7, 11) is 0. The van der Waals surface area contributed by atoms with Crippen molar-refractivity contribution in [2.75, 3.05) is 18.0 Å². The normalized spacial score (nSPS) is 13.8. The molecule has 3 heterocycles. The molecule has 1 saturated heterocycles. The molecule has 0 N–H and O–H groups in total. The van der Waals surface area contributed by atoms with Crippen LogP contribution in [0.25, 0.3) is 11.7 Å². The summed E-state index contributed by atoms with van der Waals surface area (Å²) in [5, 5.41) is 9.86. The van der Waals surface area contributed by atoms with Crippen LogP contribution in [0.1, 0.15) is 24.3 Å². The summed E-state index contributed by atoms with van der Waals surface area (Å²) in [5.74, 6) is 2.48. The SMILES string of the molecule is N#Cc1nc(-c2ccc(COc3ccccc3Cl)o2)oc1N1CCCC1. The van der Waals surface area contributed by atoms with Gasteiger partial charge in [0, 0.05) is 13.1 Å². The first-order chi connectivity index (χ1) is 12.7. The highest BCUT2D eigenvalue weighted by atomic mass is 35.5. The molecule has 6 nitrogen and oxygen atoms in total. The van der Waals surface area contributed by atoms with E-state index in [4.69, 9.17) is 25.2 Å². The summed E-state index contributed by atoms with van der Waals surface area (Å²) in [6.45, 7) is 1.98. The lowest BCUT2D eigenvalue weighted by Gasteiger charge is -2.12. The number of para-hydroxylation sites is 1. The predicted molar refractivity (Wildman–Crippen MR) is 96.2 cm³/mol. The lowest BCUT2D eigenvalue weighted by atomic mass is 10.3. The Balaban J connectivity index is 1.51. The molecular formula is C19H16ClN3O3. The molecule has 132 valence electrons. The first-order valence-electron chi connectivity index (χ1n) is 8.37. The monoisotopic (exact) mass is 369 g/mol. The molecule has 26 heavy (non-hydrogen) atoms. The molecule has 1 aromatic carbocycles. The van der Waals surface area contributed by atoms with Crippen molar-refractivity contribution >= 4 is 17.5 Å². The summed E-state index contributed by atoms with van der Waals surface area (Å²) in [5.41, 5.74) is 0.284. The molecule has 0 saturated carbocycles. The van der Waals surface area contributed by atoms with Crippen LogP contribution >= 0.6 is 11.6 Å². The third-order valence-corrected chi connectivity index (χ3v) is 4.50. The number of hydrogen-bond acceptors (Lipinski definition) is 6. The van der Waals surface area contributed by atoms with Crippen LogP contribution in [0.5, 0.6) is 5.75 Å². The molecule has 3 aromatic rings. The van der Waals surface area contributed by atoms with Crippen molar-refractivity contribution in [3.63, 3.8) is 0 Å². The topological polar surface area (TPSA) is 75.4 Å². The Bertz CT molecular complexity index is 951. The number of benzene rings is 1. The van der Waals surface area contributed by atoms with Crippen molar-refractivity contribution in [1.82, 2.24) is 4.98 Å². The Morgan fingerprint density at radius 1 is 1.15 bits per heavy atom. The standard InChI is InChI=1S/C19H16ClN3O3/c20-14-5-1-2-6-16(14)24-12-13-7-8-17(25-13)18-22-15(11-21)19(26-18)23-9-3-4-10-23/h1-2,5-8H,3-4,9-10,12H2. The first kappa shape index (κ1) is 16.6. The van der Waals surface area contributed by atoms with E-state index in [1.807, 2.05) is 17.0 Å². The largest absolute Gasteiger partial charge is 0.484 e. The number of ether oxygens (including phenoxy) is 1. The van der Waals surface area contributed by atoms with Gasteiger partial charge in [0.05, 0.1) is 5.02 Å². The molecule has 0 atom stereocenters. The third-order valence-electron chi connectivity index (χ3n) is 4.19. The fourth-order valence-corrected chi connectivity index (χ4v) is 3.10. The second-order valence-electron chi connectivity index (χ2n) is 5.96. The lowest BCUT2D eigenvalue weighted by Crippen LogP contribution is -2.17. The van der Waals surface area contributed by atoms with Gasteiger partial charge in [-0.2, -0.15) is 10.2 Å². The van der Waals surface area contributed by atoms with Gasteiger partial charge in [0.15, 0.2) is 5.76 Å². The van der Waals surface area contributed by atoms with E-state index in [0.29, 0.717) is 34.1 Å². The molecule has 0 unspecified atom stereocenters. The maximum absolute atomic E-state index is 9.32. The Hall–Kier alpha value is -2.91. The van der Waals surface area contributed by atoms with Crippen molar-refractivity contribution in [1.29, 1.82) is 5.26 Å². The summed E-state index contributed by atoms with van der Waals surface area (Å²) in [4.78, 5) is 6.31. The lowest BCUT2D eigenvalue weighted by molar-refractivity contribution is 0.271. The van der Waals surface area contributed by atoms with Crippen molar-refractivity contribution in [2.24, 2.45) is 0 Å². The fraction of sp³-hybridized carbons (Fsp3) is 0.263. The molecule has 1 aliphatic heterocycles. The molecular weight excluding hydrogens is 354 g/mol. The van der Waals surface area contributed by atoms with E-state index in [1.165, 1.54) is 0 Å². The fourth-order valence-electron chi connectivity index (χ4n) is 2.91. The number of oxazole rings is 1. The van der Waals surface area contributed by atoms with Gasteiger partial charge in [-0.3, -0.25) is 0 Å². The second-order valence-corrected chi connectivity index (χ2v) is 6.37. The molecule has 0 radical (unpaired) electrons. The highest BCUT2D eigenvalue weighted by Gasteiger charge is 2.24. The van der Waals surface area contributed by atoms with Crippen molar-refractivity contribution in [2.45, 2.75) is 19.4 Å². The molecule has 0 amide bonds. The third kappa shape index (κ3) is 3.26. The molecule has 7 heteroatoms. The number of nitriles is 1. The van der Waals surface area contributed by atoms with Gasteiger partial charge < -0.3 is 18.5 Å². The maximum Gasteiger partial charge on any atom is 0.266 e. The minimum Gasteiger partial charge on any atom is -0.484 e. The molecule has 0 spiro atoms. The Morgan fingerprint density at radius 3 is 2.73 bits per heavy atom. The predicted octanol–water partition coefficient (Wildman–Crippen LogP) is 4.64. The maximum atomic E-state index is 9.32. The van der Waals surface area contributed by atoms with Crippen LogP contribution in [-0.4, -0.2) is 18.1 Å². The van der Waals surface area contributed by atoms with E-state index in [9.17, 15) is 5.26 Å². The zero-order chi connectivity index (χ0) is 17.9. The summed E-state index contributed by atoms with van der Waals surface area (Å²) in [6.07, 6.45) is 2.18. The molecule has 0 aliphatic carbocycles. The zero-order valence-corrected chi connectivity index (χ0v) is 14.7. The molecule has 2 aromatic heterocycles. The van der Waals surface area contributed by atoms with Crippen molar-refractivity contribution in [3.8, 4) is 23.5 Å². The van der Waals surface area contributed by atoms with Gasteiger partial charge in [-0.1, -0.05) is 23.7 Å². The Kier molecular flexibility index (Phi) is 4.55. The van der Waals surface area contributed by atoms with Crippen LogP contribution in [0.4, 0.5) is 5.88 Å². The van der Waals surface area contributed by atoms with Gasteiger partial charge in [0.2, 0.25) is 11.6 Å². The van der Waals surface area contributed by atoms with Crippen LogP contribution in [-0.2, 0) is 6.61 Å². The van der Waals surface area contributed by atoms with Gasteiger partial charge in [-0.05, 0) is 37.1 Å². The number of anilines is 1. The molecule has 1 aliphatic rings. The number of furan rings is 1. The minimum absolute atomic E-state index is 0.231. The van der Waals surface area contributed by atoms with Crippen LogP contribution in [0.2, 0.25) is 5.02 Å².